The Morgan fingerprint density at radius 2 is 2.10 bits per heavy atom. The number of hydrogen-bond donors (Lipinski definition) is 0. The number of thiophene rings is 1. The zero-order chi connectivity index (χ0) is 14.2. The van der Waals surface area contributed by atoms with Gasteiger partial charge in [-0.15, -0.1) is 0 Å². The Labute approximate surface area is 126 Å². The summed E-state index contributed by atoms with van der Waals surface area (Å²) < 4.78 is 10.7. The van der Waals surface area contributed by atoms with Crippen molar-refractivity contribution in [3.8, 4) is 11.5 Å². The highest BCUT2D eigenvalue weighted by Gasteiger charge is 2.33. The maximum absolute atomic E-state index is 12.8. The number of fused-ring (bicyclic) bond motifs is 1. The van der Waals surface area contributed by atoms with Crippen molar-refractivity contribution in [2.75, 3.05) is 6.79 Å². The van der Waals surface area contributed by atoms with E-state index in [-0.39, 0.29) is 12.7 Å². The summed E-state index contributed by atoms with van der Waals surface area (Å²) in [7, 11) is 0. The van der Waals surface area contributed by atoms with Crippen LogP contribution in [0, 0.1) is 0 Å². The molecule has 0 bridgehead atoms. The largest absolute Gasteiger partial charge is 0.454 e. The van der Waals surface area contributed by atoms with E-state index in [9.17, 15) is 4.79 Å². The lowest BCUT2D eigenvalue weighted by Gasteiger charge is -2.22. The highest BCUT2D eigenvalue weighted by atomic mass is 32.1. The summed E-state index contributed by atoms with van der Waals surface area (Å²) in [6.45, 7) is 0.912. The topological polar surface area (TPSA) is 38.8 Å². The number of benzene rings is 1. The van der Waals surface area contributed by atoms with Gasteiger partial charge in [-0.05, 0) is 53.4 Å². The molecule has 4 nitrogen and oxygen atoms in total. The number of amides is 1. The molecule has 1 saturated carbocycles. The van der Waals surface area contributed by atoms with E-state index in [0.29, 0.717) is 29.6 Å². The van der Waals surface area contributed by atoms with Gasteiger partial charge in [0.25, 0.3) is 5.91 Å². The molecule has 2 aromatic rings. The number of ether oxygens (including phenoxy) is 2. The smallest absolute Gasteiger partial charge is 0.254 e. The van der Waals surface area contributed by atoms with E-state index in [4.69, 9.17) is 9.47 Å². The number of nitrogens with zero attached hydrogens (tertiary/aromatic N) is 1. The molecule has 108 valence electrons. The predicted octanol–water partition coefficient (Wildman–Crippen LogP) is 3.28. The molecule has 0 spiro atoms. The molecule has 4 rings (SSSR count). The molecule has 1 aromatic heterocycles. The van der Waals surface area contributed by atoms with Crippen molar-refractivity contribution in [2.45, 2.75) is 25.4 Å². The Bertz CT molecular complexity index is 664. The lowest BCUT2D eigenvalue weighted by molar-refractivity contribution is 0.0729. The molecule has 0 atom stereocenters. The van der Waals surface area contributed by atoms with Gasteiger partial charge < -0.3 is 14.4 Å². The van der Waals surface area contributed by atoms with Gasteiger partial charge in [0.2, 0.25) is 6.79 Å². The van der Waals surface area contributed by atoms with Crippen LogP contribution in [-0.4, -0.2) is 23.6 Å². The van der Waals surface area contributed by atoms with Crippen molar-refractivity contribution in [1.29, 1.82) is 0 Å². The number of carbonyl (C=O) groups excluding carboxylic acids is 1. The molecule has 1 amide bonds. The molecule has 2 aliphatic rings. The maximum atomic E-state index is 12.8. The van der Waals surface area contributed by atoms with Crippen molar-refractivity contribution in [1.82, 2.24) is 4.90 Å². The molecule has 1 aliphatic carbocycles. The summed E-state index contributed by atoms with van der Waals surface area (Å²) in [6.07, 6.45) is 2.20. The van der Waals surface area contributed by atoms with E-state index in [1.165, 1.54) is 5.56 Å². The van der Waals surface area contributed by atoms with Crippen LogP contribution >= 0.6 is 11.3 Å². The van der Waals surface area contributed by atoms with Gasteiger partial charge in [-0.1, -0.05) is 0 Å². The lowest BCUT2D eigenvalue weighted by atomic mass is 10.1. The first-order valence-electron chi connectivity index (χ1n) is 7.03. The molecule has 0 N–H and O–H groups in total. The molecule has 1 aromatic carbocycles. The third-order valence-corrected chi connectivity index (χ3v) is 4.53. The molecule has 0 saturated heterocycles. The molecule has 2 heterocycles. The van der Waals surface area contributed by atoms with Crippen molar-refractivity contribution in [2.24, 2.45) is 0 Å². The minimum atomic E-state index is 0.0713. The van der Waals surface area contributed by atoms with Gasteiger partial charge >= 0.3 is 0 Å². The SMILES string of the molecule is O=C(c1ccc2c(c1)OCO2)N(Cc1ccsc1)C1CC1. The third-order valence-electron chi connectivity index (χ3n) is 3.80. The summed E-state index contributed by atoms with van der Waals surface area (Å²) in [4.78, 5) is 14.8. The first kappa shape index (κ1) is 12.7. The van der Waals surface area contributed by atoms with Crippen LogP contribution in [0.25, 0.3) is 0 Å². The van der Waals surface area contributed by atoms with Crippen LogP contribution in [0.4, 0.5) is 0 Å². The third kappa shape index (κ3) is 2.49. The fraction of sp³-hybridized carbons (Fsp3) is 0.312. The Kier molecular flexibility index (Phi) is 3.07. The van der Waals surface area contributed by atoms with Crippen LogP contribution in [0.2, 0.25) is 0 Å². The van der Waals surface area contributed by atoms with Crippen molar-refractivity contribution < 1.29 is 14.3 Å². The van der Waals surface area contributed by atoms with Gasteiger partial charge in [0.05, 0.1) is 0 Å². The van der Waals surface area contributed by atoms with E-state index in [1.807, 2.05) is 22.4 Å². The fourth-order valence-corrected chi connectivity index (χ4v) is 3.19. The number of rotatable bonds is 4. The summed E-state index contributed by atoms with van der Waals surface area (Å²) in [5.41, 5.74) is 1.86. The average molecular weight is 301 g/mol. The molecule has 1 fully saturated rings. The van der Waals surface area contributed by atoms with Crippen molar-refractivity contribution >= 4 is 17.2 Å². The minimum absolute atomic E-state index is 0.0713. The zero-order valence-electron chi connectivity index (χ0n) is 11.5. The van der Waals surface area contributed by atoms with Crippen molar-refractivity contribution in [3.05, 3.63) is 46.2 Å². The van der Waals surface area contributed by atoms with Crippen LogP contribution < -0.4 is 9.47 Å². The summed E-state index contributed by atoms with van der Waals surface area (Å²) in [5.74, 6) is 1.44. The number of hydrogen-bond acceptors (Lipinski definition) is 4. The molecule has 0 unspecified atom stereocenters. The number of carbonyl (C=O) groups is 1. The van der Waals surface area contributed by atoms with Gasteiger partial charge in [-0.25, -0.2) is 0 Å². The summed E-state index contributed by atoms with van der Waals surface area (Å²) in [5, 5.41) is 4.15. The van der Waals surface area contributed by atoms with Gasteiger partial charge in [-0.3, -0.25) is 4.79 Å². The molecule has 21 heavy (non-hydrogen) atoms. The Morgan fingerprint density at radius 3 is 2.86 bits per heavy atom. The molecule has 5 heteroatoms. The Morgan fingerprint density at radius 1 is 1.24 bits per heavy atom. The van der Waals surface area contributed by atoms with E-state index >= 15 is 0 Å². The summed E-state index contributed by atoms with van der Waals surface area (Å²) in [6, 6.07) is 7.87. The van der Waals surface area contributed by atoms with E-state index in [1.54, 1.807) is 17.4 Å². The van der Waals surface area contributed by atoms with E-state index in [2.05, 4.69) is 11.4 Å². The molecular formula is C16H15NO3S. The van der Waals surface area contributed by atoms with E-state index in [0.717, 1.165) is 12.8 Å². The standard InChI is InChI=1S/C16H15NO3S/c18-16(12-1-4-14-15(7-12)20-10-19-14)17(13-2-3-13)8-11-5-6-21-9-11/h1,4-7,9,13H,2-3,8,10H2. The lowest BCUT2D eigenvalue weighted by Crippen LogP contribution is -2.32. The van der Waals surface area contributed by atoms with Crippen LogP contribution in [-0.2, 0) is 6.54 Å². The van der Waals surface area contributed by atoms with Gasteiger partial charge in [0.1, 0.15) is 0 Å². The van der Waals surface area contributed by atoms with Crippen LogP contribution in [0.15, 0.2) is 35.0 Å². The van der Waals surface area contributed by atoms with Crippen LogP contribution in [0.3, 0.4) is 0 Å². The minimum Gasteiger partial charge on any atom is -0.454 e. The maximum Gasteiger partial charge on any atom is 0.254 e. The zero-order valence-corrected chi connectivity index (χ0v) is 12.3. The quantitative estimate of drug-likeness (QED) is 0.870. The molecule has 0 radical (unpaired) electrons. The second-order valence-corrected chi connectivity index (χ2v) is 6.14. The van der Waals surface area contributed by atoms with Crippen LogP contribution in [0.1, 0.15) is 28.8 Å². The monoisotopic (exact) mass is 301 g/mol. The van der Waals surface area contributed by atoms with Gasteiger partial charge in [-0.2, -0.15) is 11.3 Å². The Hall–Kier alpha value is -2.01. The Balaban J connectivity index is 1.59. The first-order valence-corrected chi connectivity index (χ1v) is 7.97. The van der Waals surface area contributed by atoms with Gasteiger partial charge in [0, 0.05) is 18.2 Å². The highest BCUT2D eigenvalue weighted by molar-refractivity contribution is 7.07. The predicted molar refractivity (Wildman–Crippen MR) is 79.8 cm³/mol. The van der Waals surface area contributed by atoms with Crippen molar-refractivity contribution in [3.63, 3.8) is 0 Å². The highest BCUT2D eigenvalue weighted by Crippen LogP contribution is 2.35. The first-order chi connectivity index (χ1) is 10.3. The molecular weight excluding hydrogens is 286 g/mol. The van der Waals surface area contributed by atoms with E-state index < -0.39 is 0 Å². The molecule has 1 aliphatic heterocycles. The van der Waals surface area contributed by atoms with Gasteiger partial charge in [0.15, 0.2) is 11.5 Å². The fourth-order valence-electron chi connectivity index (χ4n) is 2.53. The normalized spacial score (nSPS) is 16.0. The second kappa shape index (κ2) is 5.07. The second-order valence-electron chi connectivity index (χ2n) is 5.36. The summed E-state index contributed by atoms with van der Waals surface area (Å²) >= 11 is 1.66. The van der Waals surface area contributed by atoms with Crippen LogP contribution in [0.5, 0.6) is 11.5 Å². The average Bonchev–Trinajstić information content (AvgIpc) is 3.02.